The zero-order valence-corrected chi connectivity index (χ0v) is 67.6. The first-order chi connectivity index (χ1) is 51.4. The predicted molar refractivity (Wildman–Crippen MR) is 446 cm³/mol. The van der Waals surface area contributed by atoms with Gasteiger partial charge in [-0.3, -0.25) is 20.0 Å². The highest BCUT2D eigenvalue weighted by Crippen LogP contribution is 2.42. The molecule has 4 aromatic rings. The highest BCUT2D eigenvalue weighted by atomic mass is 16.5. The molecule has 12 nitrogen and oxygen atoms in total. The Kier molecular flexibility index (Phi) is 51.1. The summed E-state index contributed by atoms with van der Waals surface area (Å²) >= 11 is 0. The molecule has 1 aliphatic rings. The molecule has 0 amide bonds. The minimum atomic E-state index is 0.575. The summed E-state index contributed by atoms with van der Waals surface area (Å²) in [5.41, 5.74) is 5.80. The van der Waals surface area contributed by atoms with E-state index in [2.05, 4.69) is 104 Å². The molecule has 0 radical (unpaired) electrons. The van der Waals surface area contributed by atoms with Crippen LogP contribution in [0, 0.1) is 0 Å². The van der Waals surface area contributed by atoms with Crippen LogP contribution in [0.1, 0.15) is 386 Å². The first-order valence-corrected chi connectivity index (χ1v) is 43.3. The summed E-state index contributed by atoms with van der Waals surface area (Å²) in [6, 6.07) is 16.5. The molecule has 584 valence electrons. The molecular formula is C92H148N4O8. The predicted octanol–water partition coefficient (Wildman–Crippen LogP) is 28.9. The van der Waals surface area contributed by atoms with Gasteiger partial charge in [0, 0.05) is 71.4 Å². The van der Waals surface area contributed by atoms with Gasteiger partial charge in [0.2, 0.25) is 0 Å². The van der Waals surface area contributed by atoms with Gasteiger partial charge in [-0.05, 0) is 75.6 Å². The molecule has 0 saturated heterocycles. The number of nitrogens with zero attached hydrogens (tertiary/aromatic N) is 4. The smallest absolute Gasteiger partial charge is 0.163 e. The first kappa shape index (κ1) is 88.6. The van der Waals surface area contributed by atoms with Crippen molar-refractivity contribution in [3.63, 3.8) is 0 Å². The van der Waals surface area contributed by atoms with E-state index in [9.17, 15) is 0 Å². The monoisotopic (exact) mass is 1440 g/mol. The number of fused-ring (bicyclic) bond motifs is 4. The van der Waals surface area contributed by atoms with Gasteiger partial charge < -0.3 is 37.9 Å². The maximum absolute atomic E-state index is 6.83. The quantitative estimate of drug-likeness (QED) is 0.0353. The third-order valence-corrected chi connectivity index (χ3v) is 19.8. The Balaban J connectivity index is 1.82. The molecule has 5 rings (SSSR count). The Morgan fingerprint density at radius 2 is 0.288 bits per heavy atom. The molecular weight excluding hydrogens is 1290 g/mol. The average molecular weight is 1440 g/mol. The maximum Gasteiger partial charge on any atom is 0.163 e. The lowest BCUT2D eigenvalue weighted by Gasteiger charge is -2.17. The Morgan fingerprint density at radius 1 is 0.163 bits per heavy atom. The number of rotatable bonds is 64. The van der Waals surface area contributed by atoms with Crippen molar-refractivity contribution in [3.05, 3.63) is 70.8 Å². The number of ether oxygens (including phenoxy) is 8. The maximum atomic E-state index is 6.83. The van der Waals surface area contributed by atoms with Crippen LogP contribution in [0.5, 0.6) is 46.0 Å². The molecule has 0 fully saturated rings. The summed E-state index contributed by atoms with van der Waals surface area (Å²) in [5, 5.41) is 0. The number of hydrogen-bond donors (Lipinski definition) is 0. The van der Waals surface area contributed by atoms with E-state index in [1.165, 1.54) is 205 Å². The van der Waals surface area contributed by atoms with Crippen LogP contribution in [-0.4, -0.2) is 77.7 Å². The Hall–Kier alpha value is -6.04. The van der Waals surface area contributed by atoms with E-state index in [-0.39, 0.29) is 0 Å². The molecule has 0 unspecified atom stereocenters. The highest BCUT2D eigenvalue weighted by molar-refractivity contribution is 5.99. The van der Waals surface area contributed by atoms with Gasteiger partial charge in [-0.25, -0.2) is 0 Å². The fraction of sp³-hybridized carbons (Fsp3) is 0.696. The lowest BCUT2D eigenvalue weighted by Crippen LogP contribution is -2.05. The first-order valence-electron chi connectivity index (χ1n) is 43.3. The largest absolute Gasteiger partial charge is 0.490 e. The highest BCUT2D eigenvalue weighted by Gasteiger charge is 2.20. The van der Waals surface area contributed by atoms with Crippen LogP contribution in [0.3, 0.4) is 0 Å². The molecule has 0 saturated carbocycles. The second-order valence-electron chi connectivity index (χ2n) is 29.4. The lowest BCUT2D eigenvalue weighted by molar-refractivity contribution is 0.258. The van der Waals surface area contributed by atoms with Gasteiger partial charge in [-0.15, -0.1) is 0 Å². The van der Waals surface area contributed by atoms with E-state index < -0.39 is 0 Å². The van der Waals surface area contributed by atoms with E-state index in [0.29, 0.717) is 122 Å². The third kappa shape index (κ3) is 38.5. The summed E-state index contributed by atoms with van der Waals surface area (Å²) in [5.74, 6) is 5.45. The molecule has 4 aromatic carbocycles. The van der Waals surface area contributed by atoms with Crippen LogP contribution in [0.2, 0.25) is 0 Å². The van der Waals surface area contributed by atoms with Gasteiger partial charge in [-0.2, -0.15) is 0 Å². The van der Waals surface area contributed by atoms with E-state index in [4.69, 9.17) is 57.9 Å². The van der Waals surface area contributed by atoms with Crippen molar-refractivity contribution in [2.24, 2.45) is 20.0 Å². The Labute approximate surface area is 635 Å². The van der Waals surface area contributed by atoms with Gasteiger partial charge in [0.15, 0.2) is 46.0 Å². The van der Waals surface area contributed by atoms with Crippen LogP contribution in [0.4, 0.5) is 22.7 Å². The van der Waals surface area contributed by atoms with Gasteiger partial charge >= 0.3 is 0 Å². The molecule has 0 atom stereocenters. The fourth-order valence-corrected chi connectivity index (χ4v) is 13.1. The van der Waals surface area contributed by atoms with Crippen LogP contribution in [0.25, 0.3) is 0 Å². The number of hydrogen-bond acceptors (Lipinski definition) is 12. The lowest BCUT2D eigenvalue weighted by atomic mass is 10.1. The molecule has 1 heterocycles. The standard InChI is InChI=1S/C92H148N4O8/c1-9-17-25-33-41-49-57-97-85-65-77-73-93-82-70-90(102-62-54-46-38-30-22-14-6)87(99-59-51-43-35-27-19-11-3)67-79(82)75-95-84-72-92(104-64-56-48-40-32-24-16-8)88(100-60-52-44-36-28-20-12-4)68-80(84)76-96-83-71-91(103-63-55-47-39-31-23-15-7)86(98-58-50-42-34-26-18-10-2)66-78(83)74-94-81(77)69-89(85)101-61-53-45-37-29-21-13-5/h65-76H,9-64H2,1-8H3. The van der Waals surface area contributed by atoms with Crippen molar-refractivity contribution in [1.29, 1.82) is 0 Å². The number of unbranched alkanes of at least 4 members (excludes halogenated alkanes) is 40. The molecule has 0 aliphatic carbocycles. The summed E-state index contributed by atoms with van der Waals surface area (Å²) < 4.78 is 54.6. The minimum Gasteiger partial charge on any atom is -0.490 e. The third-order valence-electron chi connectivity index (χ3n) is 19.8. The van der Waals surface area contributed by atoms with E-state index in [1.807, 2.05) is 24.9 Å². The summed E-state index contributed by atoms with van der Waals surface area (Å²) in [6.07, 6.45) is 63.5. The molecule has 0 spiro atoms. The molecule has 1 aliphatic heterocycles. The SMILES string of the molecule is CCCCCCCCOc1cc2c(cc1OCCCCCCCC)N=Cc1cc(OCCCCCCCC)c(OCCCCCCCC)cc1N=Cc1cc(OCCCCCCCC)c(OCCCCCCCC)cc1N=Cc1cc(OCCCCCCCC)c(OCCCCCCCC)cc1N=C2. The Bertz CT molecular complexity index is 2360. The van der Waals surface area contributed by atoms with Crippen molar-refractivity contribution in [1.82, 2.24) is 0 Å². The molecule has 0 bridgehead atoms. The van der Waals surface area contributed by atoms with Crippen LogP contribution in [0.15, 0.2) is 68.5 Å². The van der Waals surface area contributed by atoms with Gasteiger partial charge in [0.25, 0.3) is 0 Å². The molecule has 12 heteroatoms. The van der Waals surface area contributed by atoms with Gasteiger partial charge in [0.1, 0.15) is 0 Å². The van der Waals surface area contributed by atoms with E-state index in [0.717, 1.165) is 125 Å². The van der Waals surface area contributed by atoms with Crippen LogP contribution >= 0.6 is 0 Å². The summed E-state index contributed by atoms with van der Waals surface area (Å²) in [7, 11) is 0. The zero-order chi connectivity index (χ0) is 73.8. The normalized spacial score (nSPS) is 11.9. The van der Waals surface area contributed by atoms with Crippen molar-refractivity contribution >= 4 is 47.6 Å². The Morgan fingerprint density at radius 3 is 0.433 bits per heavy atom. The van der Waals surface area contributed by atoms with E-state index in [1.54, 1.807) is 0 Å². The molecule has 0 N–H and O–H groups in total. The van der Waals surface area contributed by atoms with Gasteiger partial charge in [0.05, 0.1) is 75.6 Å². The molecule has 0 aromatic heterocycles. The molecule has 104 heavy (non-hydrogen) atoms. The summed E-state index contributed by atoms with van der Waals surface area (Å²) in [6.45, 7) is 22.8. The van der Waals surface area contributed by atoms with Crippen molar-refractivity contribution in [3.8, 4) is 46.0 Å². The van der Waals surface area contributed by atoms with Crippen LogP contribution < -0.4 is 37.9 Å². The number of benzene rings is 4. The minimum absolute atomic E-state index is 0.575. The second kappa shape index (κ2) is 60.0. The topological polar surface area (TPSA) is 123 Å². The van der Waals surface area contributed by atoms with Crippen LogP contribution in [-0.2, 0) is 0 Å². The fourth-order valence-electron chi connectivity index (χ4n) is 13.1. The average Bonchev–Trinajstić information content (AvgIpc) is 0.808. The van der Waals surface area contributed by atoms with E-state index >= 15 is 0 Å². The summed E-state index contributed by atoms with van der Waals surface area (Å²) in [4.78, 5) is 21.9. The number of aliphatic imine (C=N–C) groups is 4. The van der Waals surface area contributed by atoms with Crippen molar-refractivity contribution in [2.45, 2.75) is 364 Å². The van der Waals surface area contributed by atoms with Gasteiger partial charge in [-0.1, -0.05) is 312 Å². The second-order valence-corrected chi connectivity index (χ2v) is 29.4. The van der Waals surface area contributed by atoms with Crippen molar-refractivity contribution in [2.75, 3.05) is 52.9 Å². The zero-order valence-electron chi connectivity index (χ0n) is 67.6. The van der Waals surface area contributed by atoms with Crippen molar-refractivity contribution < 1.29 is 37.9 Å².